The third-order valence-electron chi connectivity index (χ3n) is 4.53. The van der Waals surface area contributed by atoms with Crippen LogP contribution < -0.4 is 20.9 Å². The van der Waals surface area contributed by atoms with Gasteiger partial charge in [-0.3, -0.25) is 9.97 Å². The van der Waals surface area contributed by atoms with E-state index in [1.165, 1.54) is 23.6 Å². The SMILES string of the molecule is Cc1nc(Nc2cccnc2)sc1-c1ccc(S(=O)(=O)NN(C(N)=S)c2cccnc2)c(Cl)c1. The van der Waals surface area contributed by atoms with E-state index in [1.54, 1.807) is 42.9 Å². The zero-order chi connectivity index (χ0) is 24.3. The number of sulfonamides is 1. The number of anilines is 3. The van der Waals surface area contributed by atoms with E-state index in [-0.39, 0.29) is 15.0 Å². The molecule has 0 amide bonds. The molecule has 0 saturated carbocycles. The second-order valence-corrected chi connectivity index (χ2v) is 10.4. The van der Waals surface area contributed by atoms with Crippen LogP contribution in [0.3, 0.4) is 0 Å². The Morgan fingerprint density at radius 2 is 1.88 bits per heavy atom. The molecule has 174 valence electrons. The first kappa shape index (κ1) is 24.0. The number of rotatable bonds is 7. The molecule has 3 heterocycles. The predicted octanol–water partition coefficient (Wildman–Crippen LogP) is 4.25. The van der Waals surface area contributed by atoms with E-state index in [0.717, 1.165) is 26.8 Å². The number of aryl methyl sites for hydroxylation is 1. The van der Waals surface area contributed by atoms with E-state index in [2.05, 4.69) is 25.1 Å². The Hall–Kier alpha value is -3.16. The van der Waals surface area contributed by atoms with Gasteiger partial charge in [0.25, 0.3) is 10.0 Å². The smallest absolute Gasteiger partial charge is 0.259 e. The van der Waals surface area contributed by atoms with E-state index in [0.29, 0.717) is 10.8 Å². The lowest BCUT2D eigenvalue weighted by Gasteiger charge is -2.23. The summed E-state index contributed by atoms with van der Waals surface area (Å²) in [5, 5.41) is 4.77. The molecule has 0 aliphatic carbocycles. The van der Waals surface area contributed by atoms with E-state index in [4.69, 9.17) is 29.6 Å². The molecule has 0 bridgehead atoms. The van der Waals surface area contributed by atoms with E-state index >= 15 is 0 Å². The van der Waals surface area contributed by atoms with Crippen molar-refractivity contribution in [3.8, 4) is 10.4 Å². The summed E-state index contributed by atoms with van der Waals surface area (Å²) in [6, 6.07) is 11.6. The molecule has 0 aliphatic heterocycles. The van der Waals surface area contributed by atoms with E-state index in [9.17, 15) is 8.42 Å². The second-order valence-electron chi connectivity index (χ2n) is 6.93. The number of hydrogen-bond acceptors (Lipinski definition) is 8. The molecule has 9 nitrogen and oxygen atoms in total. The van der Waals surface area contributed by atoms with Crippen LogP contribution in [0.15, 0.2) is 72.1 Å². The van der Waals surface area contributed by atoms with Crippen molar-refractivity contribution >= 4 is 66.8 Å². The van der Waals surface area contributed by atoms with E-state index in [1.807, 2.05) is 19.1 Å². The fraction of sp³-hybridized carbons (Fsp3) is 0.0476. The summed E-state index contributed by atoms with van der Waals surface area (Å²) in [7, 11) is -4.11. The highest BCUT2D eigenvalue weighted by Crippen LogP contribution is 2.36. The van der Waals surface area contributed by atoms with Gasteiger partial charge in [-0.2, -0.15) is 0 Å². The normalized spacial score (nSPS) is 11.2. The Morgan fingerprint density at radius 3 is 2.50 bits per heavy atom. The number of hydrogen-bond donors (Lipinski definition) is 3. The Labute approximate surface area is 210 Å². The van der Waals surface area contributed by atoms with Crippen molar-refractivity contribution in [2.45, 2.75) is 11.8 Å². The van der Waals surface area contributed by atoms with Gasteiger partial charge in [0.15, 0.2) is 10.2 Å². The van der Waals surface area contributed by atoms with Gasteiger partial charge >= 0.3 is 0 Å². The fourth-order valence-corrected chi connectivity index (χ4v) is 5.80. The van der Waals surface area contributed by atoms with Crippen molar-refractivity contribution in [1.82, 2.24) is 19.8 Å². The molecule has 0 radical (unpaired) electrons. The minimum Gasteiger partial charge on any atom is -0.375 e. The van der Waals surface area contributed by atoms with Gasteiger partial charge in [0.2, 0.25) is 0 Å². The molecule has 0 atom stereocenters. The number of nitrogens with two attached hydrogens (primary N) is 1. The largest absolute Gasteiger partial charge is 0.375 e. The molecule has 0 spiro atoms. The number of pyridine rings is 2. The maximum atomic E-state index is 13.1. The maximum absolute atomic E-state index is 13.1. The Balaban J connectivity index is 1.60. The number of benzene rings is 1. The van der Waals surface area contributed by atoms with Crippen molar-refractivity contribution in [2.75, 3.05) is 10.3 Å². The molecule has 4 aromatic rings. The van der Waals surface area contributed by atoms with Crippen molar-refractivity contribution in [3.63, 3.8) is 0 Å². The third kappa shape index (κ3) is 5.32. The van der Waals surface area contributed by atoms with Crippen molar-refractivity contribution in [2.24, 2.45) is 5.73 Å². The maximum Gasteiger partial charge on any atom is 0.259 e. The monoisotopic (exact) mass is 531 g/mol. The van der Waals surface area contributed by atoms with Crippen LogP contribution in [-0.2, 0) is 10.0 Å². The third-order valence-corrected chi connectivity index (χ3v) is 7.62. The number of thiazole rings is 1. The highest BCUT2D eigenvalue weighted by molar-refractivity contribution is 7.89. The van der Waals surface area contributed by atoms with Crippen LogP contribution in [0.4, 0.5) is 16.5 Å². The molecule has 0 aliphatic rings. The summed E-state index contributed by atoms with van der Waals surface area (Å²) < 4.78 is 26.1. The summed E-state index contributed by atoms with van der Waals surface area (Å²) in [6.45, 7) is 1.87. The summed E-state index contributed by atoms with van der Waals surface area (Å²) >= 11 is 12.8. The van der Waals surface area contributed by atoms with Gasteiger partial charge in [-0.1, -0.05) is 29.0 Å². The van der Waals surface area contributed by atoms with Crippen LogP contribution in [-0.4, -0.2) is 28.5 Å². The minimum atomic E-state index is -4.11. The average molecular weight is 532 g/mol. The molecule has 0 saturated heterocycles. The molecule has 0 unspecified atom stereocenters. The van der Waals surface area contributed by atoms with Crippen LogP contribution in [0.1, 0.15) is 5.69 Å². The molecule has 34 heavy (non-hydrogen) atoms. The van der Waals surface area contributed by atoms with Crippen LogP contribution in [0.25, 0.3) is 10.4 Å². The van der Waals surface area contributed by atoms with Crippen molar-refractivity contribution in [1.29, 1.82) is 0 Å². The number of halogens is 1. The number of aromatic nitrogens is 3. The highest BCUT2D eigenvalue weighted by atomic mass is 35.5. The second kappa shape index (κ2) is 9.99. The Morgan fingerprint density at radius 1 is 1.15 bits per heavy atom. The lowest BCUT2D eigenvalue weighted by Crippen LogP contribution is -2.49. The van der Waals surface area contributed by atoms with Crippen LogP contribution in [0.5, 0.6) is 0 Å². The summed E-state index contributed by atoms with van der Waals surface area (Å²) in [5.74, 6) is 0. The van der Waals surface area contributed by atoms with Gasteiger partial charge in [-0.25, -0.2) is 18.4 Å². The zero-order valence-electron chi connectivity index (χ0n) is 17.6. The number of nitrogens with zero attached hydrogens (tertiary/aromatic N) is 4. The molecule has 13 heteroatoms. The standard InChI is InChI=1S/C21H18ClN7O2S3/c1-13-19(33-21(26-13)27-15-4-2-8-24-11-15)14-6-7-18(17(22)10-14)34(30,31)28-29(20(23)32)16-5-3-9-25-12-16/h2-12,28H,1H3,(H2,23,32)(H,26,27). The van der Waals surface area contributed by atoms with Crippen LogP contribution in [0, 0.1) is 6.92 Å². The fourth-order valence-electron chi connectivity index (χ4n) is 3.02. The van der Waals surface area contributed by atoms with Gasteiger partial charge in [-0.15, -0.1) is 4.83 Å². The lowest BCUT2D eigenvalue weighted by atomic mass is 10.2. The predicted molar refractivity (Wildman–Crippen MR) is 139 cm³/mol. The summed E-state index contributed by atoms with van der Waals surface area (Å²) in [6.07, 6.45) is 6.36. The summed E-state index contributed by atoms with van der Waals surface area (Å²) in [5.41, 5.74) is 8.40. The van der Waals surface area contributed by atoms with Crippen LogP contribution >= 0.6 is 35.2 Å². The molecule has 0 fully saturated rings. The number of hydrazine groups is 1. The average Bonchev–Trinajstić information content (AvgIpc) is 3.18. The van der Waals surface area contributed by atoms with E-state index < -0.39 is 10.0 Å². The number of thiocarbonyl (C=S) groups is 1. The molecule has 4 N–H and O–H groups in total. The quantitative estimate of drug-likeness (QED) is 0.237. The number of nitrogens with one attached hydrogen (secondary N) is 2. The van der Waals surface area contributed by atoms with Gasteiger partial charge in [0, 0.05) is 12.4 Å². The molecule has 1 aromatic carbocycles. The zero-order valence-corrected chi connectivity index (χ0v) is 20.8. The van der Waals surface area contributed by atoms with Crippen molar-refractivity contribution in [3.05, 3.63) is 78.0 Å². The van der Waals surface area contributed by atoms with Crippen molar-refractivity contribution < 1.29 is 8.42 Å². The first-order valence-corrected chi connectivity index (χ1v) is 12.8. The Bertz CT molecular complexity index is 1430. The first-order chi connectivity index (χ1) is 16.2. The van der Waals surface area contributed by atoms with Gasteiger partial charge in [0.05, 0.1) is 39.4 Å². The van der Waals surface area contributed by atoms with Crippen LogP contribution in [0.2, 0.25) is 5.02 Å². The van der Waals surface area contributed by atoms with Gasteiger partial charge in [-0.05, 0) is 61.1 Å². The molecular weight excluding hydrogens is 514 g/mol. The summed E-state index contributed by atoms with van der Waals surface area (Å²) in [4.78, 5) is 15.7. The molecule has 4 rings (SSSR count). The lowest BCUT2D eigenvalue weighted by molar-refractivity contribution is 0.583. The molecule has 3 aromatic heterocycles. The molecular formula is C21H18ClN7O2S3. The van der Waals surface area contributed by atoms with Gasteiger partial charge < -0.3 is 11.1 Å². The topological polar surface area (TPSA) is 126 Å². The Kier molecular flexibility index (Phi) is 7.05. The first-order valence-electron chi connectivity index (χ1n) is 9.71. The van der Waals surface area contributed by atoms with Gasteiger partial charge in [0.1, 0.15) is 4.90 Å². The highest BCUT2D eigenvalue weighted by Gasteiger charge is 2.24. The minimum absolute atomic E-state index is 0.0358.